The van der Waals surface area contributed by atoms with E-state index in [1.165, 1.54) is 6.08 Å². The lowest BCUT2D eigenvalue weighted by atomic mass is 9.96. The lowest BCUT2D eigenvalue weighted by Gasteiger charge is -2.08. The highest BCUT2D eigenvalue weighted by atomic mass is 16.6. The summed E-state index contributed by atoms with van der Waals surface area (Å²) in [6, 6.07) is 0. The minimum absolute atomic E-state index is 0.110. The molecule has 0 rings (SSSR count). The Labute approximate surface area is 77.8 Å². The maximum absolute atomic E-state index is 10.6. The van der Waals surface area contributed by atoms with Gasteiger partial charge in [-0.2, -0.15) is 0 Å². The van der Waals surface area contributed by atoms with E-state index in [0.717, 1.165) is 6.29 Å². The highest BCUT2D eigenvalue weighted by Crippen LogP contribution is 2.14. The van der Waals surface area contributed by atoms with Crippen LogP contribution in [0.4, 0.5) is 0 Å². The first kappa shape index (κ1) is 11.8. The highest BCUT2D eigenvalue weighted by molar-refractivity contribution is 5.57. The van der Waals surface area contributed by atoms with E-state index in [2.05, 4.69) is 0 Å². The zero-order chi connectivity index (χ0) is 10.4. The Bertz CT molecular complexity index is 221. The van der Waals surface area contributed by atoms with Gasteiger partial charge in [0.05, 0.1) is 4.92 Å². The van der Waals surface area contributed by atoms with Gasteiger partial charge in [0, 0.05) is 12.3 Å². The quantitative estimate of drug-likeness (QED) is 0.374. The Morgan fingerprint density at radius 3 is 2.31 bits per heavy atom. The van der Waals surface area contributed by atoms with Crippen LogP contribution in [-0.4, -0.2) is 11.2 Å². The molecule has 4 nitrogen and oxygen atoms in total. The monoisotopic (exact) mass is 185 g/mol. The number of carbonyl (C=O) groups is 1. The molecule has 0 fully saturated rings. The molecule has 13 heavy (non-hydrogen) atoms. The Hall–Kier alpha value is -1.19. The van der Waals surface area contributed by atoms with Crippen molar-refractivity contribution in [1.82, 2.24) is 0 Å². The van der Waals surface area contributed by atoms with Crippen LogP contribution in [0.5, 0.6) is 0 Å². The standard InChI is InChI=1S/C9H15NO3/c1-4-9(10(12)13)5-8(6-11)7(2)3/h5-8H,4H2,1-3H3/b9-5+. The summed E-state index contributed by atoms with van der Waals surface area (Å²) in [5.74, 6) is -0.237. The Morgan fingerprint density at radius 2 is 2.08 bits per heavy atom. The molecule has 0 aliphatic heterocycles. The molecular weight excluding hydrogens is 170 g/mol. The van der Waals surface area contributed by atoms with Gasteiger partial charge in [0.2, 0.25) is 5.70 Å². The number of hydrogen-bond acceptors (Lipinski definition) is 3. The topological polar surface area (TPSA) is 60.2 Å². The Kier molecular flexibility index (Phi) is 4.96. The average Bonchev–Trinajstić information content (AvgIpc) is 2.05. The molecular formula is C9H15NO3. The third kappa shape index (κ3) is 3.83. The zero-order valence-electron chi connectivity index (χ0n) is 8.19. The van der Waals surface area contributed by atoms with Crippen molar-refractivity contribution in [2.45, 2.75) is 27.2 Å². The van der Waals surface area contributed by atoms with E-state index in [4.69, 9.17) is 0 Å². The minimum atomic E-state index is -0.432. The normalized spacial score (nSPS) is 14.3. The van der Waals surface area contributed by atoms with E-state index in [9.17, 15) is 14.9 Å². The molecule has 0 radical (unpaired) electrons. The van der Waals surface area contributed by atoms with Crippen LogP contribution in [0, 0.1) is 22.0 Å². The molecule has 0 aliphatic rings. The smallest absolute Gasteiger partial charge is 0.242 e. The second-order valence-corrected chi connectivity index (χ2v) is 3.23. The SMILES string of the molecule is CC/C(=C\C(C=O)C(C)C)[N+](=O)[O-]. The Balaban J connectivity index is 4.64. The number of nitrogens with zero attached hydrogens (tertiary/aromatic N) is 1. The van der Waals surface area contributed by atoms with Crippen LogP contribution in [0.2, 0.25) is 0 Å². The largest absolute Gasteiger partial charge is 0.303 e. The van der Waals surface area contributed by atoms with E-state index in [1.54, 1.807) is 6.92 Å². The second-order valence-electron chi connectivity index (χ2n) is 3.23. The number of allylic oxidation sites excluding steroid dienone is 2. The third-order valence-corrected chi connectivity index (χ3v) is 1.91. The zero-order valence-corrected chi connectivity index (χ0v) is 8.19. The Morgan fingerprint density at radius 1 is 1.54 bits per heavy atom. The van der Waals surface area contributed by atoms with Crippen LogP contribution >= 0.6 is 0 Å². The molecule has 0 aromatic rings. The molecule has 0 bridgehead atoms. The fourth-order valence-electron chi connectivity index (χ4n) is 0.919. The van der Waals surface area contributed by atoms with Crippen LogP contribution < -0.4 is 0 Å². The molecule has 0 aromatic carbocycles. The maximum atomic E-state index is 10.6. The van der Waals surface area contributed by atoms with Crippen LogP contribution in [0.15, 0.2) is 11.8 Å². The first-order valence-corrected chi connectivity index (χ1v) is 4.33. The molecule has 1 unspecified atom stereocenters. The molecule has 0 saturated carbocycles. The van der Waals surface area contributed by atoms with E-state index in [-0.39, 0.29) is 17.5 Å². The molecule has 0 amide bonds. The highest BCUT2D eigenvalue weighted by Gasteiger charge is 2.15. The number of carbonyl (C=O) groups excluding carboxylic acids is 1. The molecule has 4 heteroatoms. The van der Waals surface area contributed by atoms with Gasteiger partial charge in [-0.1, -0.05) is 20.8 Å². The van der Waals surface area contributed by atoms with Gasteiger partial charge >= 0.3 is 0 Å². The first-order chi connectivity index (χ1) is 6.02. The van der Waals surface area contributed by atoms with Crippen molar-refractivity contribution >= 4 is 6.29 Å². The predicted octanol–water partition coefficient (Wildman–Crippen LogP) is 2.03. The molecule has 74 valence electrons. The van der Waals surface area contributed by atoms with Crippen LogP contribution in [0.1, 0.15) is 27.2 Å². The van der Waals surface area contributed by atoms with Gasteiger partial charge in [0.15, 0.2) is 0 Å². The second kappa shape index (κ2) is 5.45. The van der Waals surface area contributed by atoms with Gasteiger partial charge in [-0.05, 0) is 12.0 Å². The van der Waals surface area contributed by atoms with Gasteiger partial charge in [-0.15, -0.1) is 0 Å². The van der Waals surface area contributed by atoms with Crippen molar-refractivity contribution in [3.05, 3.63) is 21.9 Å². The van der Waals surface area contributed by atoms with Gasteiger partial charge in [-0.3, -0.25) is 10.1 Å². The summed E-state index contributed by atoms with van der Waals surface area (Å²) in [5.41, 5.74) is 0.116. The van der Waals surface area contributed by atoms with Crippen LogP contribution in [-0.2, 0) is 4.79 Å². The van der Waals surface area contributed by atoms with Crippen LogP contribution in [0.3, 0.4) is 0 Å². The van der Waals surface area contributed by atoms with Gasteiger partial charge < -0.3 is 4.79 Å². The summed E-state index contributed by atoms with van der Waals surface area (Å²) in [5, 5.41) is 10.4. The summed E-state index contributed by atoms with van der Waals surface area (Å²) in [4.78, 5) is 20.5. The maximum Gasteiger partial charge on any atom is 0.242 e. The molecule has 0 heterocycles. The molecule has 0 spiro atoms. The van der Waals surface area contributed by atoms with Crippen molar-refractivity contribution in [3.63, 3.8) is 0 Å². The minimum Gasteiger partial charge on any atom is -0.303 e. The summed E-state index contributed by atoms with van der Waals surface area (Å²) in [6.07, 6.45) is 2.55. The number of nitro groups is 1. The third-order valence-electron chi connectivity index (χ3n) is 1.91. The lowest BCUT2D eigenvalue weighted by molar-refractivity contribution is -0.428. The molecule has 0 saturated heterocycles. The molecule has 0 aromatic heterocycles. The molecule has 0 aliphatic carbocycles. The van der Waals surface area contributed by atoms with Crippen molar-refractivity contribution in [2.75, 3.05) is 0 Å². The van der Waals surface area contributed by atoms with E-state index in [0.29, 0.717) is 6.42 Å². The van der Waals surface area contributed by atoms with Gasteiger partial charge in [0.1, 0.15) is 6.29 Å². The summed E-state index contributed by atoms with van der Waals surface area (Å²) >= 11 is 0. The summed E-state index contributed by atoms with van der Waals surface area (Å²) < 4.78 is 0. The molecule has 1 atom stereocenters. The fraction of sp³-hybridized carbons (Fsp3) is 0.667. The number of aldehydes is 1. The van der Waals surface area contributed by atoms with E-state index in [1.807, 2.05) is 13.8 Å². The van der Waals surface area contributed by atoms with Gasteiger partial charge in [0.25, 0.3) is 0 Å². The van der Waals surface area contributed by atoms with Crippen molar-refractivity contribution in [2.24, 2.45) is 11.8 Å². The van der Waals surface area contributed by atoms with Gasteiger partial charge in [-0.25, -0.2) is 0 Å². The average molecular weight is 185 g/mol. The number of rotatable bonds is 5. The number of hydrogen-bond donors (Lipinski definition) is 0. The predicted molar refractivity (Wildman–Crippen MR) is 49.8 cm³/mol. The van der Waals surface area contributed by atoms with E-state index >= 15 is 0 Å². The van der Waals surface area contributed by atoms with Crippen molar-refractivity contribution in [3.8, 4) is 0 Å². The van der Waals surface area contributed by atoms with Crippen LogP contribution in [0.25, 0.3) is 0 Å². The molecule has 0 N–H and O–H groups in total. The van der Waals surface area contributed by atoms with E-state index < -0.39 is 4.92 Å². The summed E-state index contributed by atoms with van der Waals surface area (Å²) in [6.45, 7) is 5.43. The van der Waals surface area contributed by atoms with Crippen molar-refractivity contribution in [1.29, 1.82) is 0 Å². The fourth-order valence-corrected chi connectivity index (χ4v) is 0.919. The van der Waals surface area contributed by atoms with Crippen molar-refractivity contribution < 1.29 is 9.72 Å². The lowest BCUT2D eigenvalue weighted by Crippen LogP contribution is -2.10. The summed E-state index contributed by atoms with van der Waals surface area (Å²) in [7, 11) is 0. The first-order valence-electron chi connectivity index (χ1n) is 4.33.